The third-order valence-electron chi connectivity index (χ3n) is 4.33. The van der Waals surface area contributed by atoms with Crippen LogP contribution in [0.25, 0.3) is 11.1 Å². The summed E-state index contributed by atoms with van der Waals surface area (Å²) in [6.45, 7) is 6.53. The number of nitrogen functional groups attached to an aromatic ring is 1. The van der Waals surface area contributed by atoms with Crippen molar-refractivity contribution in [3.63, 3.8) is 0 Å². The molecule has 0 aliphatic carbocycles. The van der Waals surface area contributed by atoms with Crippen LogP contribution in [-0.4, -0.2) is 45.9 Å². The van der Waals surface area contributed by atoms with Crippen molar-refractivity contribution in [1.82, 2.24) is 19.8 Å². The topological polar surface area (TPSA) is 134 Å². The summed E-state index contributed by atoms with van der Waals surface area (Å²) < 4.78 is 20.6. The highest BCUT2D eigenvalue weighted by Crippen LogP contribution is 2.28. The molecular weight excluding hydrogens is 387 g/mol. The number of allylic oxidation sites excluding steroid dienone is 4. The lowest BCUT2D eigenvalue weighted by Gasteiger charge is -2.21. The van der Waals surface area contributed by atoms with E-state index in [4.69, 9.17) is 22.2 Å². The Morgan fingerprint density at radius 3 is 2.87 bits per heavy atom. The summed E-state index contributed by atoms with van der Waals surface area (Å²) in [6, 6.07) is 0. The molecule has 0 bridgehead atoms. The quantitative estimate of drug-likeness (QED) is 0.187. The number of halogens is 1. The van der Waals surface area contributed by atoms with Crippen LogP contribution in [0.1, 0.15) is 11.1 Å². The number of hydrogen-bond acceptors (Lipinski definition) is 7. The van der Waals surface area contributed by atoms with Crippen LogP contribution in [0.2, 0.25) is 0 Å². The van der Waals surface area contributed by atoms with Gasteiger partial charge in [-0.3, -0.25) is 9.69 Å². The van der Waals surface area contributed by atoms with Crippen LogP contribution in [0, 0.1) is 6.92 Å². The van der Waals surface area contributed by atoms with E-state index in [1.165, 1.54) is 29.3 Å². The average Bonchev–Trinajstić information content (AvgIpc) is 3.20. The molecule has 2 rings (SSSR count). The first-order valence-electron chi connectivity index (χ1n) is 9.15. The molecule has 2 aromatic rings. The van der Waals surface area contributed by atoms with Crippen LogP contribution in [-0.2, 0) is 11.3 Å². The maximum Gasteiger partial charge on any atom is 0.173 e. The number of amidine groups is 1. The van der Waals surface area contributed by atoms with Gasteiger partial charge in [-0.2, -0.15) is 10.2 Å². The monoisotopic (exact) mass is 414 g/mol. The zero-order valence-electron chi connectivity index (χ0n) is 17.1. The molecule has 0 atom stereocenters. The van der Waals surface area contributed by atoms with E-state index in [0.29, 0.717) is 18.7 Å². The summed E-state index contributed by atoms with van der Waals surface area (Å²) in [7, 11) is 1.63. The number of rotatable bonds is 9. The summed E-state index contributed by atoms with van der Waals surface area (Å²) in [5.41, 5.74) is 8.98. The predicted octanol–water partition coefficient (Wildman–Crippen LogP) is 1.87. The summed E-state index contributed by atoms with van der Waals surface area (Å²) >= 11 is 0. The summed E-state index contributed by atoms with van der Waals surface area (Å²) in [5, 5.41) is 9.30. The van der Waals surface area contributed by atoms with Crippen molar-refractivity contribution < 1.29 is 9.13 Å². The van der Waals surface area contributed by atoms with E-state index >= 15 is 0 Å². The number of nitrogens with zero attached hydrogens (tertiary/aromatic N) is 5. The second kappa shape index (κ2) is 10.9. The molecule has 0 aromatic carbocycles. The standard InChI is InChI=1S/C20H27FN8O/c1-4-5-6-16(21)7-8-29(24)20(27-23)18-14(2)17(12-25-19(18)22)15-11-26-28(13-15)9-10-30-3/h4-7,11-13H,1,8-10,23-24H2,2-3H3,(H2,22,25)/b6-5-,16-7+,27-20-. The van der Waals surface area contributed by atoms with Crippen LogP contribution in [0.15, 0.2) is 60.4 Å². The van der Waals surface area contributed by atoms with E-state index in [0.717, 1.165) is 16.7 Å². The molecule has 6 N–H and O–H groups in total. The van der Waals surface area contributed by atoms with Gasteiger partial charge < -0.3 is 16.3 Å². The molecule has 0 unspecified atom stereocenters. The Hall–Kier alpha value is -3.50. The number of hydrazine groups is 1. The second-order valence-corrected chi connectivity index (χ2v) is 6.33. The fraction of sp³-hybridized carbons (Fsp3) is 0.250. The molecule has 0 saturated heterocycles. The van der Waals surface area contributed by atoms with E-state index in [1.54, 1.807) is 24.2 Å². The first-order valence-corrected chi connectivity index (χ1v) is 9.15. The Labute approximate surface area is 175 Å². The highest BCUT2D eigenvalue weighted by Gasteiger charge is 2.20. The molecule has 2 aromatic heterocycles. The van der Waals surface area contributed by atoms with Crippen molar-refractivity contribution >= 4 is 11.7 Å². The normalized spacial score (nSPS) is 12.5. The van der Waals surface area contributed by atoms with Crippen LogP contribution in [0.5, 0.6) is 0 Å². The molecule has 2 heterocycles. The van der Waals surface area contributed by atoms with Gasteiger partial charge in [-0.05, 0) is 24.6 Å². The molecule has 160 valence electrons. The second-order valence-electron chi connectivity index (χ2n) is 6.33. The van der Waals surface area contributed by atoms with Crippen molar-refractivity contribution in [3.05, 3.63) is 66.4 Å². The van der Waals surface area contributed by atoms with Crippen molar-refractivity contribution in [2.24, 2.45) is 16.8 Å². The third kappa shape index (κ3) is 5.52. The molecule has 0 spiro atoms. The van der Waals surface area contributed by atoms with Crippen LogP contribution < -0.4 is 17.4 Å². The van der Waals surface area contributed by atoms with Crippen LogP contribution in [0.4, 0.5) is 10.2 Å². The first kappa shape index (κ1) is 22.8. The van der Waals surface area contributed by atoms with Gasteiger partial charge in [-0.1, -0.05) is 18.7 Å². The molecule has 30 heavy (non-hydrogen) atoms. The number of anilines is 1. The number of nitrogens with two attached hydrogens (primary N) is 3. The number of aromatic nitrogens is 3. The van der Waals surface area contributed by atoms with E-state index in [9.17, 15) is 4.39 Å². The Morgan fingerprint density at radius 1 is 1.43 bits per heavy atom. The fourth-order valence-electron chi connectivity index (χ4n) is 2.79. The Bertz CT molecular complexity index is 964. The number of pyridine rings is 1. The fourth-order valence-corrected chi connectivity index (χ4v) is 2.79. The maximum atomic E-state index is 13.8. The van der Waals surface area contributed by atoms with Crippen molar-refractivity contribution in [1.29, 1.82) is 0 Å². The molecule has 0 fully saturated rings. The average molecular weight is 414 g/mol. The largest absolute Gasteiger partial charge is 0.383 e. The van der Waals surface area contributed by atoms with Crippen LogP contribution in [0.3, 0.4) is 0 Å². The van der Waals surface area contributed by atoms with Gasteiger partial charge in [0.25, 0.3) is 0 Å². The van der Waals surface area contributed by atoms with Gasteiger partial charge in [0.05, 0.1) is 31.5 Å². The van der Waals surface area contributed by atoms with Gasteiger partial charge in [0.15, 0.2) is 5.84 Å². The van der Waals surface area contributed by atoms with Gasteiger partial charge >= 0.3 is 0 Å². The number of hydrogen-bond donors (Lipinski definition) is 3. The van der Waals surface area contributed by atoms with Gasteiger partial charge in [0.1, 0.15) is 11.6 Å². The molecule has 0 amide bonds. The molecule has 10 heteroatoms. The highest BCUT2D eigenvalue weighted by atomic mass is 19.1. The number of methoxy groups -OCH3 is 1. The van der Waals surface area contributed by atoms with E-state index in [-0.39, 0.29) is 18.2 Å². The zero-order chi connectivity index (χ0) is 22.1. The summed E-state index contributed by atoms with van der Waals surface area (Å²) in [4.78, 5) is 4.26. The highest BCUT2D eigenvalue weighted by molar-refractivity contribution is 6.04. The maximum absolute atomic E-state index is 13.8. The molecule has 9 nitrogen and oxygen atoms in total. The van der Waals surface area contributed by atoms with Gasteiger partial charge in [0.2, 0.25) is 0 Å². The molecule has 0 radical (unpaired) electrons. The van der Waals surface area contributed by atoms with Crippen molar-refractivity contribution in [3.8, 4) is 11.1 Å². The minimum Gasteiger partial charge on any atom is -0.383 e. The number of ether oxygens (including phenoxy) is 1. The first-order chi connectivity index (χ1) is 14.4. The minimum absolute atomic E-state index is 0.0153. The molecule has 0 saturated carbocycles. The minimum atomic E-state index is -0.471. The molecule has 0 aliphatic rings. The van der Waals surface area contributed by atoms with Gasteiger partial charge in [0, 0.05) is 30.6 Å². The SMILES string of the molecule is C=C/C=C\C(F)=C/CN(N)/C(=N\N)c1c(N)ncc(-c2cnn(CCOC)c2)c1C. The van der Waals surface area contributed by atoms with Gasteiger partial charge in [-0.25, -0.2) is 15.2 Å². The Balaban J connectivity index is 2.35. The lowest BCUT2D eigenvalue weighted by atomic mass is 10.00. The smallest absolute Gasteiger partial charge is 0.173 e. The van der Waals surface area contributed by atoms with Gasteiger partial charge in [-0.15, -0.1) is 0 Å². The van der Waals surface area contributed by atoms with E-state index in [1.807, 2.05) is 13.1 Å². The van der Waals surface area contributed by atoms with Crippen LogP contribution >= 0.6 is 0 Å². The lowest BCUT2D eigenvalue weighted by Crippen LogP contribution is -2.40. The zero-order valence-corrected chi connectivity index (χ0v) is 17.1. The van der Waals surface area contributed by atoms with Crippen molar-refractivity contribution in [2.45, 2.75) is 13.5 Å². The molecule has 0 aliphatic heterocycles. The Morgan fingerprint density at radius 2 is 2.20 bits per heavy atom. The van der Waals surface area contributed by atoms with E-state index in [2.05, 4.69) is 21.8 Å². The third-order valence-corrected chi connectivity index (χ3v) is 4.33. The number of hydrazone groups is 1. The van der Waals surface area contributed by atoms with Crippen molar-refractivity contribution in [2.75, 3.05) is 26.0 Å². The summed E-state index contributed by atoms with van der Waals surface area (Å²) in [5.74, 6) is 11.6. The molecular formula is C20H27FN8O. The van der Waals surface area contributed by atoms with E-state index < -0.39 is 5.83 Å². The summed E-state index contributed by atoms with van der Waals surface area (Å²) in [6.07, 6.45) is 10.8. The Kier molecular flexibility index (Phi) is 8.27. The predicted molar refractivity (Wildman–Crippen MR) is 117 cm³/mol. The lowest BCUT2D eigenvalue weighted by molar-refractivity contribution is 0.183.